The SMILES string of the molecule is O=C(O)Cc1nn(Cc2cn3cc(OCC4CC4)c(Cl)cc3n2)c2cc(F)ccc2c1=O. The summed E-state index contributed by atoms with van der Waals surface area (Å²) in [5.74, 6) is -0.561. The summed E-state index contributed by atoms with van der Waals surface area (Å²) in [5, 5.41) is 14.0. The van der Waals surface area contributed by atoms with Crippen LogP contribution in [0.2, 0.25) is 5.02 Å². The molecule has 1 fully saturated rings. The monoisotopic (exact) mass is 456 g/mol. The molecule has 0 spiro atoms. The van der Waals surface area contributed by atoms with Crippen molar-refractivity contribution in [2.75, 3.05) is 6.61 Å². The maximum Gasteiger partial charge on any atom is 0.309 e. The molecule has 4 aromatic rings. The Labute approximate surface area is 185 Å². The third-order valence-electron chi connectivity index (χ3n) is 5.35. The molecule has 0 radical (unpaired) electrons. The molecule has 1 aliphatic carbocycles. The van der Waals surface area contributed by atoms with Crippen LogP contribution in [0.15, 0.2) is 41.5 Å². The van der Waals surface area contributed by atoms with Crippen molar-refractivity contribution in [1.29, 1.82) is 0 Å². The Balaban J connectivity index is 1.54. The van der Waals surface area contributed by atoms with Crippen molar-refractivity contribution in [3.05, 3.63) is 69.1 Å². The normalized spacial score (nSPS) is 13.7. The van der Waals surface area contributed by atoms with Gasteiger partial charge in [0.05, 0.1) is 42.0 Å². The van der Waals surface area contributed by atoms with Gasteiger partial charge in [-0.15, -0.1) is 0 Å². The average molecular weight is 457 g/mol. The molecule has 0 atom stereocenters. The van der Waals surface area contributed by atoms with Crippen LogP contribution in [0.3, 0.4) is 0 Å². The summed E-state index contributed by atoms with van der Waals surface area (Å²) < 4.78 is 22.9. The average Bonchev–Trinajstić information content (AvgIpc) is 3.49. The van der Waals surface area contributed by atoms with E-state index in [0.29, 0.717) is 34.6 Å². The number of halogens is 2. The van der Waals surface area contributed by atoms with E-state index in [1.807, 2.05) is 0 Å². The molecule has 0 bridgehead atoms. The van der Waals surface area contributed by atoms with E-state index in [1.165, 1.54) is 29.7 Å². The highest BCUT2D eigenvalue weighted by Crippen LogP contribution is 2.32. The molecular formula is C22H18ClFN4O4. The van der Waals surface area contributed by atoms with E-state index in [0.717, 1.165) is 6.07 Å². The maximum absolute atomic E-state index is 13.9. The zero-order valence-electron chi connectivity index (χ0n) is 16.8. The van der Waals surface area contributed by atoms with E-state index in [9.17, 15) is 14.0 Å². The number of aromatic nitrogens is 4. The molecule has 0 saturated heterocycles. The summed E-state index contributed by atoms with van der Waals surface area (Å²) in [4.78, 5) is 28.3. The molecule has 1 N–H and O–H groups in total. The van der Waals surface area contributed by atoms with Gasteiger partial charge in [-0.2, -0.15) is 5.10 Å². The summed E-state index contributed by atoms with van der Waals surface area (Å²) in [6, 6.07) is 5.39. The fourth-order valence-electron chi connectivity index (χ4n) is 3.56. The van der Waals surface area contributed by atoms with E-state index < -0.39 is 23.6 Å². The van der Waals surface area contributed by atoms with E-state index in [2.05, 4.69) is 10.1 Å². The topological polar surface area (TPSA) is 98.7 Å². The van der Waals surface area contributed by atoms with Crippen molar-refractivity contribution < 1.29 is 19.0 Å². The van der Waals surface area contributed by atoms with Gasteiger partial charge in [-0.3, -0.25) is 14.3 Å². The maximum atomic E-state index is 13.9. The summed E-state index contributed by atoms with van der Waals surface area (Å²) in [6.07, 6.45) is 5.31. The number of carboxylic acids is 1. The second kappa shape index (κ2) is 7.90. The quantitative estimate of drug-likeness (QED) is 0.458. The number of hydrogen-bond acceptors (Lipinski definition) is 5. The first-order valence-corrected chi connectivity index (χ1v) is 10.5. The van der Waals surface area contributed by atoms with Crippen LogP contribution < -0.4 is 10.2 Å². The lowest BCUT2D eigenvalue weighted by atomic mass is 10.1. The van der Waals surface area contributed by atoms with Crippen LogP contribution in [-0.4, -0.2) is 36.8 Å². The van der Waals surface area contributed by atoms with Crippen LogP contribution in [0.4, 0.5) is 4.39 Å². The Morgan fingerprint density at radius 2 is 2.09 bits per heavy atom. The lowest BCUT2D eigenvalue weighted by molar-refractivity contribution is -0.136. The number of carboxylic acid groups (broad SMARTS) is 1. The minimum atomic E-state index is -1.18. The molecule has 32 heavy (non-hydrogen) atoms. The highest BCUT2D eigenvalue weighted by molar-refractivity contribution is 6.32. The number of fused-ring (bicyclic) bond motifs is 2. The molecule has 1 aliphatic rings. The lowest BCUT2D eigenvalue weighted by Crippen LogP contribution is -2.22. The van der Waals surface area contributed by atoms with Crippen molar-refractivity contribution in [2.45, 2.75) is 25.8 Å². The zero-order chi connectivity index (χ0) is 22.4. The van der Waals surface area contributed by atoms with E-state index >= 15 is 0 Å². The summed E-state index contributed by atoms with van der Waals surface area (Å²) >= 11 is 6.33. The van der Waals surface area contributed by atoms with Crippen molar-refractivity contribution in [1.82, 2.24) is 19.2 Å². The first-order valence-electron chi connectivity index (χ1n) is 10.1. The van der Waals surface area contributed by atoms with Gasteiger partial charge in [-0.1, -0.05) is 11.6 Å². The van der Waals surface area contributed by atoms with E-state index in [1.54, 1.807) is 22.9 Å². The fraction of sp³-hybridized carbons (Fsp3) is 0.273. The highest BCUT2D eigenvalue weighted by atomic mass is 35.5. The van der Waals surface area contributed by atoms with Crippen molar-refractivity contribution in [2.24, 2.45) is 5.92 Å². The van der Waals surface area contributed by atoms with Crippen molar-refractivity contribution >= 4 is 34.1 Å². The molecular weight excluding hydrogens is 439 g/mol. The van der Waals surface area contributed by atoms with Gasteiger partial charge in [0.1, 0.15) is 17.2 Å². The Morgan fingerprint density at radius 3 is 2.84 bits per heavy atom. The first-order chi connectivity index (χ1) is 15.4. The van der Waals surface area contributed by atoms with Gasteiger partial charge < -0.3 is 14.2 Å². The third kappa shape index (κ3) is 4.03. The Kier molecular flexibility index (Phi) is 5.05. The standard InChI is InChI=1S/C22H18ClFN4O4/c23-16-6-20-25-14(8-27(20)10-19(16)32-11-12-1-2-12)9-28-18-5-13(24)3-4-15(18)22(31)17(26-28)7-21(29)30/h3-6,8,10,12H,1-2,7,9,11H2,(H,29,30). The van der Waals surface area contributed by atoms with Gasteiger partial charge >= 0.3 is 5.97 Å². The number of nitrogens with zero attached hydrogens (tertiary/aromatic N) is 4. The minimum absolute atomic E-state index is 0.102. The van der Waals surface area contributed by atoms with E-state index in [4.69, 9.17) is 21.4 Å². The fourth-order valence-corrected chi connectivity index (χ4v) is 3.76. The Bertz CT molecular complexity index is 1430. The van der Waals surface area contributed by atoms with Gasteiger partial charge in [0.25, 0.3) is 0 Å². The summed E-state index contributed by atoms with van der Waals surface area (Å²) in [6.45, 7) is 0.725. The van der Waals surface area contributed by atoms with E-state index in [-0.39, 0.29) is 23.1 Å². The van der Waals surface area contributed by atoms with Crippen molar-refractivity contribution in [3.8, 4) is 5.75 Å². The van der Waals surface area contributed by atoms with Crippen LogP contribution in [0.5, 0.6) is 5.75 Å². The van der Waals surface area contributed by atoms with Gasteiger partial charge in [0.15, 0.2) is 5.75 Å². The Morgan fingerprint density at radius 1 is 1.28 bits per heavy atom. The number of carbonyl (C=O) groups is 1. The molecule has 1 aromatic carbocycles. The van der Waals surface area contributed by atoms with Gasteiger partial charge in [-0.25, -0.2) is 9.37 Å². The molecule has 0 unspecified atom stereocenters. The molecule has 164 valence electrons. The van der Waals surface area contributed by atoms with Crippen LogP contribution in [0.1, 0.15) is 24.2 Å². The molecule has 3 heterocycles. The molecule has 1 saturated carbocycles. The van der Waals surface area contributed by atoms with Gasteiger partial charge in [-0.05, 0) is 37.0 Å². The highest BCUT2D eigenvalue weighted by Gasteiger charge is 2.22. The molecule has 10 heteroatoms. The van der Waals surface area contributed by atoms with Crippen LogP contribution in [-0.2, 0) is 17.8 Å². The number of ether oxygens (including phenoxy) is 1. The zero-order valence-corrected chi connectivity index (χ0v) is 17.5. The number of hydrogen-bond donors (Lipinski definition) is 1. The molecule has 0 aliphatic heterocycles. The predicted molar refractivity (Wildman–Crippen MR) is 115 cm³/mol. The predicted octanol–water partition coefficient (Wildman–Crippen LogP) is 3.30. The second-order valence-corrected chi connectivity index (χ2v) is 8.31. The lowest BCUT2D eigenvalue weighted by Gasteiger charge is -2.10. The molecule has 8 nitrogen and oxygen atoms in total. The number of rotatable bonds is 7. The number of benzene rings is 1. The van der Waals surface area contributed by atoms with Crippen LogP contribution in [0.25, 0.3) is 16.6 Å². The van der Waals surface area contributed by atoms with Crippen LogP contribution >= 0.6 is 11.6 Å². The summed E-state index contributed by atoms with van der Waals surface area (Å²) in [5.41, 5.74) is 0.763. The van der Waals surface area contributed by atoms with Crippen molar-refractivity contribution in [3.63, 3.8) is 0 Å². The van der Waals surface area contributed by atoms with Crippen LogP contribution in [0, 0.1) is 11.7 Å². The first kappa shape index (κ1) is 20.4. The van der Waals surface area contributed by atoms with Gasteiger partial charge in [0.2, 0.25) is 5.43 Å². The number of imidazole rings is 1. The molecule has 3 aromatic heterocycles. The number of pyridine rings is 1. The third-order valence-corrected chi connectivity index (χ3v) is 5.64. The Hall–Kier alpha value is -3.46. The minimum Gasteiger partial charge on any atom is -0.490 e. The number of aliphatic carboxylic acids is 1. The smallest absolute Gasteiger partial charge is 0.309 e. The molecule has 0 amide bonds. The largest absolute Gasteiger partial charge is 0.490 e. The summed E-state index contributed by atoms with van der Waals surface area (Å²) in [7, 11) is 0. The molecule has 5 rings (SSSR count). The van der Waals surface area contributed by atoms with Gasteiger partial charge in [0, 0.05) is 17.6 Å². The second-order valence-electron chi connectivity index (χ2n) is 7.90.